The molecule has 3 rings (SSSR count). The van der Waals surface area contributed by atoms with Crippen molar-refractivity contribution in [3.05, 3.63) is 41.8 Å². The van der Waals surface area contributed by atoms with Crippen LogP contribution in [-0.2, 0) is 11.2 Å². The molecule has 134 valence electrons. The number of aromatic nitrogens is 2. The number of hydrogen-bond acceptors (Lipinski definition) is 5. The van der Waals surface area contributed by atoms with Crippen LogP contribution in [0.1, 0.15) is 31.0 Å². The van der Waals surface area contributed by atoms with E-state index < -0.39 is 5.82 Å². The summed E-state index contributed by atoms with van der Waals surface area (Å²) in [6.45, 7) is 4.36. The maximum atomic E-state index is 13.6. The number of likely N-dealkylation sites (tertiary alicyclic amines) is 1. The molecule has 1 fully saturated rings. The van der Waals surface area contributed by atoms with Crippen molar-refractivity contribution >= 4 is 11.6 Å². The lowest BCUT2D eigenvalue weighted by Crippen LogP contribution is -2.38. The number of halogens is 1. The second kappa shape index (κ2) is 8.20. The first-order chi connectivity index (χ1) is 12.1. The summed E-state index contributed by atoms with van der Waals surface area (Å²) in [4.78, 5) is 18.6. The summed E-state index contributed by atoms with van der Waals surface area (Å²) in [5.41, 5.74) is 0.233. The molecule has 1 saturated heterocycles. The fraction of sp³-hybridized carbons (Fsp3) is 0.500. The third kappa shape index (κ3) is 5.09. The second-order valence-electron chi connectivity index (χ2n) is 6.52. The smallest absolute Gasteiger partial charge is 0.225 e. The third-order valence-corrected chi connectivity index (χ3v) is 4.45. The first kappa shape index (κ1) is 17.5. The fourth-order valence-corrected chi connectivity index (χ4v) is 3.24. The first-order valence-electron chi connectivity index (χ1n) is 8.66. The van der Waals surface area contributed by atoms with Gasteiger partial charge in [-0.15, -0.1) is 0 Å². The van der Waals surface area contributed by atoms with E-state index in [4.69, 9.17) is 4.52 Å². The number of rotatable bonds is 6. The van der Waals surface area contributed by atoms with Gasteiger partial charge in [-0.05, 0) is 37.4 Å². The molecule has 1 aliphatic rings. The predicted molar refractivity (Wildman–Crippen MR) is 91.5 cm³/mol. The van der Waals surface area contributed by atoms with Crippen LogP contribution in [0.4, 0.5) is 10.1 Å². The highest BCUT2D eigenvalue weighted by Gasteiger charge is 2.22. The first-order valence-corrected chi connectivity index (χ1v) is 8.66. The molecule has 1 aromatic carbocycles. The molecule has 7 heteroatoms. The Bertz CT molecular complexity index is 719. The van der Waals surface area contributed by atoms with Gasteiger partial charge in [0.25, 0.3) is 0 Å². The van der Waals surface area contributed by atoms with E-state index in [1.54, 1.807) is 25.1 Å². The van der Waals surface area contributed by atoms with E-state index in [2.05, 4.69) is 20.4 Å². The summed E-state index contributed by atoms with van der Waals surface area (Å²) in [5, 5.41) is 6.59. The summed E-state index contributed by atoms with van der Waals surface area (Å²) >= 11 is 0. The van der Waals surface area contributed by atoms with Gasteiger partial charge >= 0.3 is 0 Å². The molecule has 2 heterocycles. The Morgan fingerprint density at radius 2 is 2.28 bits per heavy atom. The minimum absolute atomic E-state index is 0.166. The van der Waals surface area contributed by atoms with E-state index in [1.165, 1.54) is 6.07 Å². The number of hydrogen-bond donors (Lipinski definition) is 1. The van der Waals surface area contributed by atoms with Gasteiger partial charge in [0.05, 0.1) is 5.69 Å². The molecule has 0 saturated carbocycles. The average Bonchev–Trinajstić information content (AvgIpc) is 3.00. The molecular weight excluding hydrogens is 323 g/mol. The molecule has 1 atom stereocenters. The summed E-state index contributed by atoms with van der Waals surface area (Å²) < 4.78 is 18.6. The van der Waals surface area contributed by atoms with Crippen molar-refractivity contribution < 1.29 is 13.7 Å². The predicted octanol–water partition coefficient (Wildman–Crippen LogP) is 2.80. The van der Waals surface area contributed by atoms with Crippen LogP contribution < -0.4 is 5.32 Å². The average molecular weight is 346 g/mol. The third-order valence-electron chi connectivity index (χ3n) is 4.45. The number of aryl methyl sites for hydroxylation is 1. The standard InChI is InChI=1S/C18H23FN4O2/c1-13-20-17(22-25-13)11-14-5-4-9-23(12-14)10-8-18(24)21-16-7-3-2-6-15(16)19/h2-3,6-7,14H,4-5,8-12H2,1H3,(H,21,24)/t14-/m0/s1. The summed E-state index contributed by atoms with van der Waals surface area (Å²) in [6, 6.07) is 6.21. The Labute approximate surface area is 146 Å². The molecule has 0 spiro atoms. The highest BCUT2D eigenvalue weighted by Crippen LogP contribution is 2.20. The minimum atomic E-state index is -0.413. The monoisotopic (exact) mass is 346 g/mol. The van der Waals surface area contributed by atoms with Crippen molar-refractivity contribution in [2.45, 2.75) is 32.6 Å². The minimum Gasteiger partial charge on any atom is -0.340 e. The Morgan fingerprint density at radius 1 is 1.44 bits per heavy atom. The molecule has 0 bridgehead atoms. The van der Waals surface area contributed by atoms with Gasteiger partial charge in [0.15, 0.2) is 5.82 Å². The van der Waals surface area contributed by atoms with Crippen LogP contribution >= 0.6 is 0 Å². The van der Waals surface area contributed by atoms with Crippen LogP contribution in [0.15, 0.2) is 28.8 Å². The Hall–Kier alpha value is -2.28. The van der Waals surface area contributed by atoms with Crippen LogP contribution in [0.25, 0.3) is 0 Å². The largest absolute Gasteiger partial charge is 0.340 e. The van der Waals surface area contributed by atoms with Crippen LogP contribution in [-0.4, -0.2) is 40.6 Å². The molecule has 0 radical (unpaired) electrons. The van der Waals surface area contributed by atoms with Crippen molar-refractivity contribution in [3.63, 3.8) is 0 Å². The number of benzene rings is 1. The lowest BCUT2D eigenvalue weighted by molar-refractivity contribution is -0.116. The molecule has 1 aliphatic heterocycles. The quantitative estimate of drug-likeness (QED) is 0.871. The van der Waals surface area contributed by atoms with Gasteiger partial charge in [0.1, 0.15) is 5.82 Å². The SMILES string of the molecule is Cc1nc(C[C@@H]2CCCN(CCC(=O)Nc3ccccc3F)C2)no1. The maximum Gasteiger partial charge on any atom is 0.225 e. The summed E-state index contributed by atoms with van der Waals surface area (Å²) in [5.74, 6) is 1.24. The highest BCUT2D eigenvalue weighted by atomic mass is 19.1. The van der Waals surface area contributed by atoms with E-state index in [0.29, 0.717) is 24.8 Å². The maximum absolute atomic E-state index is 13.6. The molecule has 25 heavy (non-hydrogen) atoms. The number of nitrogens with zero attached hydrogens (tertiary/aromatic N) is 3. The molecule has 1 aromatic heterocycles. The van der Waals surface area contributed by atoms with E-state index in [9.17, 15) is 9.18 Å². The number of carbonyl (C=O) groups excluding carboxylic acids is 1. The normalized spacial score (nSPS) is 18.2. The van der Waals surface area contributed by atoms with Crippen LogP contribution in [0.2, 0.25) is 0 Å². The summed E-state index contributed by atoms with van der Waals surface area (Å²) in [6.07, 6.45) is 3.37. The number of amides is 1. The molecule has 6 nitrogen and oxygen atoms in total. The number of anilines is 1. The number of nitrogens with one attached hydrogen (secondary N) is 1. The van der Waals surface area contributed by atoms with Gasteiger partial charge in [-0.25, -0.2) is 4.39 Å². The van der Waals surface area contributed by atoms with E-state index in [0.717, 1.165) is 38.2 Å². The van der Waals surface area contributed by atoms with Crippen LogP contribution in [0.3, 0.4) is 0 Å². The van der Waals surface area contributed by atoms with Gasteiger partial charge in [-0.2, -0.15) is 4.98 Å². The Balaban J connectivity index is 1.44. The molecule has 1 amide bonds. The topological polar surface area (TPSA) is 71.3 Å². The Kier molecular flexibility index (Phi) is 5.75. The van der Waals surface area contributed by atoms with Crippen molar-refractivity contribution in [2.24, 2.45) is 5.92 Å². The van der Waals surface area contributed by atoms with Crippen LogP contribution in [0, 0.1) is 18.7 Å². The highest BCUT2D eigenvalue weighted by molar-refractivity contribution is 5.90. The molecule has 0 unspecified atom stereocenters. The number of piperidine rings is 1. The summed E-state index contributed by atoms with van der Waals surface area (Å²) in [7, 11) is 0. The van der Waals surface area contributed by atoms with Gasteiger partial charge in [0, 0.05) is 32.9 Å². The van der Waals surface area contributed by atoms with Gasteiger partial charge < -0.3 is 14.7 Å². The zero-order valence-corrected chi connectivity index (χ0v) is 14.4. The van der Waals surface area contributed by atoms with Gasteiger partial charge in [-0.3, -0.25) is 4.79 Å². The number of para-hydroxylation sites is 1. The van der Waals surface area contributed by atoms with Crippen LogP contribution in [0.5, 0.6) is 0 Å². The molecule has 2 aromatic rings. The van der Waals surface area contributed by atoms with E-state index >= 15 is 0 Å². The van der Waals surface area contributed by atoms with Crippen molar-refractivity contribution in [3.8, 4) is 0 Å². The lowest BCUT2D eigenvalue weighted by atomic mass is 9.94. The Morgan fingerprint density at radius 3 is 3.04 bits per heavy atom. The fourth-order valence-electron chi connectivity index (χ4n) is 3.24. The second-order valence-corrected chi connectivity index (χ2v) is 6.52. The molecule has 1 N–H and O–H groups in total. The van der Waals surface area contributed by atoms with Crippen molar-refractivity contribution in [1.82, 2.24) is 15.0 Å². The zero-order chi connectivity index (χ0) is 17.6. The zero-order valence-electron chi connectivity index (χ0n) is 14.4. The van der Waals surface area contributed by atoms with Gasteiger partial charge in [0.2, 0.25) is 11.8 Å². The molecular formula is C18H23FN4O2. The van der Waals surface area contributed by atoms with E-state index in [-0.39, 0.29) is 11.6 Å². The van der Waals surface area contributed by atoms with Gasteiger partial charge in [-0.1, -0.05) is 17.3 Å². The number of carbonyl (C=O) groups is 1. The molecule has 0 aliphatic carbocycles. The van der Waals surface area contributed by atoms with Crippen molar-refractivity contribution in [1.29, 1.82) is 0 Å². The lowest BCUT2D eigenvalue weighted by Gasteiger charge is -2.32. The van der Waals surface area contributed by atoms with E-state index in [1.807, 2.05) is 0 Å². The van der Waals surface area contributed by atoms with Crippen molar-refractivity contribution in [2.75, 3.05) is 25.0 Å².